The molecule has 20 N–H and O–H groups in total. The molecular formula is C47H79N14O14P. The van der Waals surface area contributed by atoms with Crippen molar-refractivity contribution in [1.29, 1.82) is 0 Å². The highest BCUT2D eigenvalue weighted by atomic mass is 31.0. The number of guanidine groups is 1. The largest absolute Gasteiger partial charge is 0.497 e. The number of hydrogen-bond acceptors (Lipinski definition) is 17. The zero-order valence-corrected chi connectivity index (χ0v) is 45.2. The van der Waals surface area contributed by atoms with E-state index >= 15 is 0 Å². The summed E-state index contributed by atoms with van der Waals surface area (Å²) in [5.41, 5.74) is 22.7. The lowest BCUT2D eigenvalue weighted by Gasteiger charge is -2.32. The Kier molecular flexibility index (Phi) is 27.1. The van der Waals surface area contributed by atoms with Gasteiger partial charge in [0.1, 0.15) is 48.0 Å². The zero-order chi connectivity index (χ0) is 57.7. The molecular weight excluding hydrogens is 1020 g/mol. The van der Waals surface area contributed by atoms with E-state index in [0.29, 0.717) is 5.75 Å². The van der Waals surface area contributed by atoms with Crippen LogP contribution < -0.4 is 70.2 Å². The van der Waals surface area contributed by atoms with Crippen LogP contribution in [0.5, 0.6) is 5.75 Å². The first kappa shape index (κ1) is 65.5. The van der Waals surface area contributed by atoms with Crippen LogP contribution in [0.1, 0.15) is 85.8 Å². The predicted octanol–water partition coefficient (Wildman–Crippen LogP) is -5.76. The van der Waals surface area contributed by atoms with Gasteiger partial charge >= 0.3 is 0 Å². The van der Waals surface area contributed by atoms with Gasteiger partial charge in [-0.15, -0.1) is 0 Å². The number of aliphatic hydroxyl groups excluding tert-OH is 4. The number of nitrogens with zero attached hydrogens (tertiary/aromatic N) is 2. The van der Waals surface area contributed by atoms with E-state index in [2.05, 4.69) is 52.5 Å². The van der Waals surface area contributed by atoms with Gasteiger partial charge in [0.2, 0.25) is 53.2 Å². The Morgan fingerprint density at radius 3 is 1.84 bits per heavy atom. The fourth-order valence-electron chi connectivity index (χ4n) is 7.57. The topological polar surface area (TPSA) is 469 Å². The van der Waals surface area contributed by atoms with Crippen molar-refractivity contribution in [2.45, 2.75) is 147 Å². The second-order valence-corrected chi connectivity index (χ2v) is 19.8. The maximum Gasteiger partial charge on any atom is 0.248 e. The van der Waals surface area contributed by atoms with Crippen molar-refractivity contribution in [1.82, 2.24) is 42.5 Å². The summed E-state index contributed by atoms with van der Waals surface area (Å²) in [5, 5.41) is 63.2. The summed E-state index contributed by atoms with van der Waals surface area (Å²) < 4.78 is 5.25. The number of rotatable bonds is 16. The van der Waals surface area contributed by atoms with Crippen LogP contribution in [0.3, 0.4) is 0 Å². The van der Waals surface area contributed by atoms with Gasteiger partial charge in [-0.05, 0) is 61.6 Å². The number of hydrogen-bond donors (Lipinski definition) is 16. The highest BCUT2D eigenvalue weighted by Gasteiger charge is 2.40. The molecule has 0 aromatic heterocycles. The normalized spacial score (nSPS) is 26.2. The third kappa shape index (κ3) is 20.2. The molecule has 9 amide bonds. The molecule has 1 aliphatic rings. The molecule has 0 aliphatic carbocycles. The van der Waals surface area contributed by atoms with Gasteiger partial charge in [0.15, 0.2) is 18.1 Å². The van der Waals surface area contributed by atoms with Crippen molar-refractivity contribution >= 4 is 73.8 Å². The summed E-state index contributed by atoms with van der Waals surface area (Å²) in [6.45, 7) is 9.11. The lowest BCUT2D eigenvalue weighted by Crippen LogP contribution is -2.63. The summed E-state index contributed by atoms with van der Waals surface area (Å²) in [7, 11) is 3.39. The van der Waals surface area contributed by atoms with E-state index in [1.807, 2.05) is 9.24 Å². The first-order chi connectivity index (χ1) is 35.6. The second kappa shape index (κ2) is 31.5. The van der Waals surface area contributed by atoms with Crippen molar-refractivity contribution in [3.05, 3.63) is 29.8 Å². The van der Waals surface area contributed by atoms with E-state index in [0.717, 1.165) is 6.92 Å². The molecule has 0 bridgehead atoms. The first-order valence-corrected chi connectivity index (χ1v) is 25.3. The number of nitrogens with one attached hydrogen (secondary N) is 8. The quantitative estimate of drug-likeness (QED) is 0.0317. The van der Waals surface area contributed by atoms with Crippen LogP contribution in [0.2, 0.25) is 0 Å². The van der Waals surface area contributed by atoms with E-state index in [4.69, 9.17) is 27.7 Å². The van der Waals surface area contributed by atoms with Gasteiger partial charge in [-0.2, -0.15) is 0 Å². The van der Waals surface area contributed by atoms with E-state index < -0.39 is 156 Å². The Morgan fingerprint density at radius 1 is 0.750 bits per heavy atom. The highest BCUT2D eigenvalue weighted by Crippen LogP contribution is 2.22. The van der Waals surface area contributed by atoms with Crippen LogP contribution in [0.4, 0.5) is 0 Å². The molecule has 29 heteroatoms. The third-order valence-electron chi connectivity index (χ3n) is 12.3. The molecule has 0 radical (unpaired) electrons. The second-order valence-electron chi connectivity index (χ2n) is 19.2. The van der Waals surface area contributed by atoms with Crippen LogP contribution in [0, 0.1) is 17.8 Å². The molecule has 1 heterocycles. The van der Waals surface area contributed by atoms with E-state index in [9.17, 15) is 63.6 Å². The molecule has 76 heavy (non-hydrogen) atoms. The molecule has 0 fully saturated rings. The molecule has 0 spiro atoms. The van der Waals surface area contributed by atoms with Crippen molar-refractivity contribution in [3.63, 3.8) is 0 Å². The minimum absolute atomic E-state index is 0.00673. The highest BCUT2D eigenvalue weighted by molar-refractivity contribution is 7.41. The Balaban J connectivity index is 2.92. The molecule has 1 unspecified atom stereocenters. The molecule has 0 saturated carbocycles. The van der Waals surface area contributed by atoms with Crippen molar-refractivity contribution < 1.29 is 68.3 Å². The van der Waals surface area contributed by atoms with Crippen LogP contribution in [-0.2, 0) is 43.2 Å². The molecule has 1 aromatic carbocycles. The molecule has 2 rings (SSSR count). The van der Waals surface area contributed by atoms with Crippen LogP contribution in [-0.4, -0.2) is 178 Å². The van der Waals surface area contributed by atoms with Gasteiger partial charge in [0.25, 0.3) is 0 Å². The number of amides is 9. The summed E-state index contributed by atoms with van der Waals surface area (Å²) in [5.74, 6) is -11.1. The molecule has 14 atom stereocenters. The van der Waals surface area contributed by atoms with E-state index in [1.54, 1.807) is 41.5 Å². The monoisotopic (exact) mass is 1090 g/mol. The number of ether oxygens (including phenoxy) is 1. The van der Waals surface area contributed by atoms with Crippen molar-refractivity contribution in [3.8, 4) is 5.75 Å². The fourth-order valence-corrected chi connectivity index (χ4v) is 8.01. The zero-order valence-electron chi connectivity index (χ0n) is 44.1. The summed E-state index contributed by atoms with van der Waals surface area (Å²) in [6, 6.07) is -8.88. The Morgan fingerprint density at radius 2 is 1.32 bits per heavy atom. The number of benzene rings is 1. The number of nitrogens with two attached hydrogens (primary N) is 4. The molecule has 0 saturated heterocycles. The lowest BCUT2D eigenvalue weighted by atomic mass is 9.95. The average Bonchev–Trinajstić information content (AvgIpc) is 3.36. The van der Waals surface area contributed by atoms with Gasteiger partial charge in [0.05, 0.1) is 44.0 Å². The maximum atomic E-state index is 14.4. The van der Waals surface area contributed by atoms with Crippen LogP contribution in [0.15, 0.2) is 34.3 Å². The number of carbonyl (C=O) groups excluding carboxylic acids is 9. The van der Waals surface area contributed by atoms with E-state index in [1.165, 1.54) is 31.4 Å². The number of primary amides is 1. The Hall–Kier alpha value is -6.58. The first-order valence-electron chi connectivity index (χ1n) is 24.7. The van der Waals surface area contributed by atoms with Crippen LogP contribution in [0.25, 0.3) is 0 Å². The van der Waals surface area contributed by atoms with Gasteiger partial charge in [-0.3, -0.25) is 53.1 Å². The smallest absolute Gasteiger partial charge is 0.248 e. The average molecular weight is 1100 g/mol. The van der Waals surface area contributed by atoms with Crippen molar-refractivity contribution in [2.24, 2.45) is 50.7 Å². The van der Waals surface area contributed by atoms with E-state index in [-0.39, 0.29) is 49.7 Å². The van der Waals surface area contributed by atoms with Gasteiger partial charge in [-0.1, -0.05) is 69.3 Å². The Labute approximate surface area is 443 Å². The number of methoxy groups -OCH3 is 1. The predicted molar refractivity (Wildman–Crippen MR) is 281 cm³/mol. The SMILES string of the molecule is CC[C@H](C)[C@@H]1NC(=O)[C@@H](CCCN=C(N)N)NC(=O)[C@H](CC(C)C)NC(=O)[C@H]([C@H](O)C(C)C)NC(=O)[C@H](N)[C@H](c2ccc(OC)cc2)NC(=O)[C@H](CO)N=C(P)[C@H]([C@H](O)C(N)=O)NC(=O)CNC(=O)[C@H]([C@H](C)O)NC1=O. The third-order valence-corrected chi connectivity index (χ3v) is 12.8. The van der Waals surface area contributed by atoms with Gasteiger partial charge in [-0.25, -0.2) is 0 Å². The van der Waals surface area contributed by atoms with Gasteiger partial charge in [0, 0.05) is 6.54 Å². The van der Waals surface area contributed by atoms with Crippen LogP contribution >= 0.6 is 9.24 Å². The molecule has 1 aromatic rings. The number of aliphatic imine (C=N–C) groups is 2. The lowest BCUT2D eigenvalue weighted by molar-refractivity contribution is -0.138. The minimum Gasteiger partial charge on any atom is -0.497 e. The minimum atomic E-state index is -2.22. The molecule has 1 aliphatic heterocycles. The van der Waals surface area contributed by atoms with Crippen molar-refractivity contribution in [2.75, 3.05) is 26.8 Å². The Bertz CT molecular complexity index is 2230. The molecule has 28 nitrogen and oxygen atoms in total. The maximum absolute atomic E-state index is 14.4. The fraction of sp³-hybridized carbons (Fsp3) is 0.638. The number of aliphatic hydroxyl groups is 4. The van der Waals surface area contributed by atoms with Gasteiger partial charge < -0.3 is 90.6 Å². The molecule has 426 valence electrons. The standard InChI is InChI=1S/C47H79N14O14P/c1-9-22(6)31-44(73)59-32(23(7)63)43(72)53-18-29(64)57-35(37(66)38(49)67)46(76)56-28(19-62)41(70)60-33(24-12-14-25(75-8)15-13-24)30(48)42(71)61-34(36(65)21(4)5)45(74)55-27(17-20(2)3)40(69)54-26(39(68)58-31)11-10-16-52-47(50)51/h12-15,20-23,26-28,30-37,62-63,65-66H,9-11,16-19,48,76H2,1-8H3,(H2,49,67)(H,53,72)(H,54,69)(H,55,74)(H,57,64)(H,58,68)(H,59,73)(H,60,70)(H,61,71)(H4,50,51,52)/t22-,23-,26+,27-,28-,30+,31-,32-,33-,34-,35-,36+,37-/m0/s1. The summed E-state index contributed by atoms with van der Waals surface area (Å²) in [6.07, 6.45) is -5.23. The summed E-state index contributed by atoms with van der Waals surface area (Å²) in [4.78, 5) is 133. The summed E-state index contributed by atoms with van der Waals surface area (Å²) >= 11 is 0. The number of carbonyl (C=O) groups is 9.